The second-order valence-electron chi connectivity index (χ2n) is 9.90. The molecule has 0 atom stereocenters. The minimum Gasteiger partial charge on any atom is -0.507 e. The van der Waals surface area contributed by atoms with E-state index in [-0.39, 0.29) is 11.3 Å². The first kappa shape index (κ1) is 25.6. The molecule has 4 rings (SSSR count). The average Bonchev–Trinajstić information content (AvgIpc) is 2.82. The molecule has 1 aromatic carbocycles. The van der Waals surface area contributed by atoms with Crippen LogP contribution in [0.15, 0.2) is 24.3 Å². The van der Waals surface area contributed by atoms with Gasteiger partial charge in [-0.1, -0.05) is 12.1 Å². The van der Waals surface area contributed by atoms with Gasteiger partial charge in [0.15, 0.2) is 0 Å². The van der Waals surface area contributed by atoms with E-state index < -0.39 is 31.7 Å². The first-order valence-electron chi connectivity index (χ1n) is 12.9. The molecule has 0 spiro atoms. The first-order chi connectivity index (χ1) is 15.6. The molecule has 4 nitrogen and oxygen atoms in total. The largest absolute Gasteiger partial charge is 0.507 e. The van der Waals surface area contributed by atoms with Gasteiger partial charge in [-0.05, 0) is 12.1 Å². The molecule has 3 fully saturated rings. The van der Waals surface area contributed by atoms with Crippen LogP contribution in [-0.2, 0) is 9.53 Å². The third-order valence-electron chi connectivity index (χ3n) is 7.59. The van der Waals surface area contributed by atoms with Crippen LogP contribution in [0.2, 0.25) is 11.8 Å². The summed E-state index contributed by atoms with van der Waals surface area (Å²) in [6, 6.07) is 5.85. The number of rotatable bonds is 4. The van der Waals surface area contributed by atoms with Crippen molar-refractivity contribution < 1.29 is 19.4 Å². The van der Waals surface area contributed by atoms with Crippen molar-refractivity contribution >= 4 is 31.7 Å². The van der Waals surface area contributed by atoms with Crippen molar-refractivity contribution in [2.45, 2.75) is 115 Å². The number of hydrogen-bond acceptors (Lipinski definition) is 4. The van der Waals surface area contributed by atoms with Gasteiger partial charge in [0.1, 0.15) is 11.3 Å². The minimum absolute atomic E-state index is 0.0160. The van der Waals surface area contributed by atoms with E-state index in [1.807, 2.05) is 0 Å². The number of phenols is 1. The molecule has 3 saturated carbocycles. The van der Waals surface area contributed by atoms with Gasteiger partial charge in [-0.15, -0.1) is 0 Å². The summed E-state index contributed by atoms with van der Waals surface area (Å²) < 4.78 is 8.24. The van der Waals surface area contributed by atoms with Crippen molar-refractivity contribution in [3.05, 3.63) is 29.8 Å². The Morgan fingerprint density at radius 3 is 1.53 bits per heavy atom. The van der Waals surface area contributed by atoms with Crippen molar-refractivity contribution in [3.8, 4) is 5.75 Å². The average molecular weight is 548 g/mol. The Bertz CT molecular complexity index is 673. The van der Waals surface area contributed by atoms with Gasteiger partial charge in [0.25, 0.3) is 0 Å². The monoisotopic (exact) mass is 549 g/mol. The van der Waals surface area contributed by atoms with Crippen molar-refractivity contribution in [2.75, 3.05) is 0 Å². The van der Waals surface area contributed by atoms with Crippen LogP contribution in [0.25, 0.3) is 0 Å². The third kappa shape index (κ3) is 7.77. The zero-order valence-corrected chi connectivity index (χ0v) is 22.7. The van der Waals surface area contributed by atoms with Crippen LogP contribution in [0.4, 0.5) is 0 Å². The zero-order valence-electron chi connectivity index (χ0n) is 19.8. The Labute approximate surface area is 201 Å². The Balaban J connectivity index is 0.000000195. The Hall–Kier alpha value is -1.04. The quantitative estimate of drug-likeness (QED) is 0.240. The topological polar surface area (TPSA) is 63.6 Å². The van der Waals surface area contributed by atoms with Gasteiger partial charge in [-0.25, -0.2) is 4.79 Å². The smallest absolute Gasteiger partial charge is 0.349 e. The summed E-state index contributed by atoms with van der Waals surface area (Å²) in [7, 11) is 0. The number of carbonyl (C=O) groups excluding carboxylic acids is 2. The van der Waals surface area contributed by atoms with Gasteiger partial charge in [0.2, 0.25) is 0 Å². The fourth-order valence-electron chi connectivity index (χ4n) is 6.14. The maximum Gasteiger partial charge on any atom is 0.349 e. The third-order valence-corrected chi connectivity index (χ3v) is 20.6. The van der Waals surface area contributed by atoms with Crippen LogP contribution in [0.1, 0.15) is 114 Å². The van der Waals surface area contributed by atoms with Crippen molar-refractivity contribution in [1.82, 2.24) is 0 Å². The molecule has 3 aliphatic carbocycles. The van der Waals surface area contributed by atoms with Crippen molar-refractivity contribution in [3.63, 3.8) is 0 Å². The Morgan fingerprint density at radius 1 is 0.750 bits per heavy atom. The van der Waals surface area contributed by atoms with Gasteiger partial charge >= 0.3 is 140 Å². The molecule has 0 bridgehead atoms. The van der Waals surface area contributed by atoms with Crippen LogP contribution in [0.5, 0.6) is 5.75 Å². The fraction of sp³-hybridized carbons (Fsp3) is 0.704. The van der Waals surface area contributed by atoms with Crippen LogP contribution < -0.4 is 0 Å². The van der Waals surface area contributed by atoms with Gasteiger partial charge in [0, 0.05) is 6.92 Å². The molecule has 1 N–H and O–H groups in total. The number of carbonyl (C=O) groups is 2. The summed E-state index contributed by atoms with van der Waals surface area (Å²) in [5.41, 5.74) is -0.0160. The molecule has 0 amide bonds. The second kappa shape index (κ2) is 13.6. The summed E-state index contributed by atoms with van der Waals surface area (Å²) in [6.07, 6.45) is 24.2. The summed E-state index contributed by atoms with van der Waals surface area (Å²) in [4.78, 5) is 21.5. The molecular weight excluding hydrogens is 507 g/mol. The first-order valence-corrected chi connectivity index (χ1v) is 17.9. The van der Waals surface area contributed by atoms with Gasteiger partial charge in [0.05, 0.1) is 0 Å². The fourth-order valence-corrected chi connectivity index (χ4v) is 21.1. The van der Waals surface area contributed by atoms with Gasteiger partial charge in [-0.3, -0.25) is 4.79 Å². The van der Waals surface area contributed by atoms with E-state index in [1.165, 1.54) is 23.9 Å². The number of hydrogen-bond donors (Lipinski definition) is 1. The molecule has 0 heterocycles. The molecule has 3 aliphatic rings. The number of aromatic hydroxyl groups is 1. The molecular formula is C27H41O4Sn. The summed E-state index contributed by atoms with van der Waals surface area (Å²) in [6.45, 7) is 1.12. The summed E-state index contributed by atoms with van der Waals surface area (Å²) in [5, 5.41) is 9.18. The maximum absolute atomic E-state index is 11.1. The number of phenolic OH excluding ortho intramolecular Hbond substituents is 1. The van der Waals surface area contributed by atoms with E-state index >= 15 is 0 Å². The van der Waals surface area contributed by atoms with E-state index in [4.69, 9.17) is 0 Å². The van der Waals surface area contributed by atoms with Crippen LogP contribution in [-0.4, -0.2) is 36.8 Å². The zero-order chi connectivity index (χ0) is 22.8. The van der Waals surface area contributed by atoms with Crippen molar-refractivity contribution in [2.24, 2.45) is 0 Å². The summed E-state index contributed by atoms with van der Waals surface area (Å²) in [5.74, 6) is -1.74. The molecule has 0 aromatic heterocycles. The molecule has 1 radical (unpaired) electrons. The standard InChI is InChI=1S/C9H8O4.3C6H11.Sn/c1-6(10)13-9(12)7-4-2-3-5-8(7)11;3*1-2-4-6-5-3-1;/h2-5,11H,1H3;3*1H,2-6H2;. The SMILES string of the molecule is C1CC[CH]([Sn]([CH]2CCCCC2)[CH]2CCCCC2)CC1.CC(=O)OC(=O)c1ccccc1O. The Kier molecular flexibility index (Phi) is 10.9. The maximum atomic E-state index is 11.1. The van der Waals surface area contributed by atoms with E-state index in [1.54, 1.807) is 108 Å². The van der Waals surface area contributed by atoms with Gasteiger partial charge in [-0.2, -0.15) is 0 Å². The van der Waals surface area contributed by atoms with E-state index in [2.05, 4.69) is 4.74 Å². The van der Waals surface area contributed by atoms with Crippen molar-refractivity contribution in [1.29, 1.82) is 0 Å². The molecule has 177 valence electrons. The molecule has 0 aliphatic heterocycles. The molecule has 0 unspecified atom stereocenters. The number of para-hydroxylation sites is 1. The minimum atomic E-state index is -1.15. The van der Waals surface area contributed by atoms with Gasteiger partial charge < -0.3 is 9.84 Å². The number of ether oxygens (including phenoxy) is 1. The van der Waals surface area contributed by atoms with E-state index in [0.29, 0.717) is 0 Å². The van der Waals surface area contributed by atoms with Crippen LogP contribution in [0, 0.1) is 0 Å². The predicted octanol–water partition coefficient (Wildman–Crippen LogP) is 7.58. The number of benzene rings is 1. The summed E-state index contributed by atoms with van der Waals surface area (Å²) >= 11 is -1.15. The molecule has 1 aromatic rings. The molecule has 5 heteroatoms. The predicted molar refractivity (Wildman–Crippen MR) is 130 cm³/mol. The van der Waals surface area contributed by atoms with E-state index in [9.17, 15) is 14.7 Å². The van der Waals surface area contributed by atoms with Crippen LogP contribution >= 0.6 is 0 Å². The normalized spacial score (nSPS) is 20.9. The second-order valence-corrected chi connectivity index (χ2v) is 19.7. The molecule has 0 saturated heterocycles. The van der Waals surface area contributed by atoms with Crippen LogP contribution in [0.3, 0.4) is 0 Å². The number of esters is 2. The Morgan fingerprint density at radius 2 is 1.16 bits per heavy atom. The molecule has 32 heavy (non-hydrogen) atoms. The van der Waals surface area contributed by atoms with E-state index in [0.717, 1.165) is 6.92 Å².